The highest BCUT2D eigenvalue weighted by molar-refractivity contribution is 6.13. The molecule has 7 nitrogen and oxygen atoms in total. The van der Waals surface area contributed by atoms with E-state index in [-0.39, 0.29) is 17.6 Å². The molecular formula is C32H25F2N3O4. The number of oxazole rings is 1. The molecule has 0 radical (unpaired) electrons. The molecule has 1 N–H and O–H groups in total. The van der Waals surface area contributed by atoms with E-state index in [4.69, 9.17) is 13.6 Å². The van der Waals surface area contributed by atoms with Crippen molar-refractivity contribution >= 4 is 33.7 Å². The quantitative estimate of drug-likeness (QED) is 0.233. The summed E-state index contributed by atoms with van der Waals surface area (Å²) in [6.45, 7) is 0. The van der Waals surface area contributed by atoms with E-state index in [1.165, 1.54) is 24.3 Å². The molecule has 6 rings (SSSR count). The van der Waals surface area contributed by atoms with E-state index < -0.39 is 5.82 Å². The molecular weight excluding hydrogens is 528 g/mol. The summed E-state index contributed by atoms with van der Waals surface area (Å²) in [5.74, 6) is 0.0156. The van der Waals surface area contributed by atoms with Crippen molar-refractivity contribution in [2.45, 2.75) is 0 Å². The third-order valence-electron chi connectivity index (χ3n) is 6.94. The Morgan fingerprint density at radius 1 is 0.854 bits per heavy atom. The zero-order chi connectivity index (χ0) is 28.8. The van der Waals surface area contributed by atoms with Gasteiger partial charge in [-0.3, -0.25) is 4.79 Å². The summed E-state index contributed by atoms with van der Waals surface area (Å²) in [5.41, 5.74) is 5.29. The molecule has 206 valence electrons. The standard InChI is InChI=1S/C32H25F2N3O4/c1-35-31(38)29-22-15-21(25(37(2)3)16-27(22)40-30(29)17-5-8-19(33)9-6-17)18-7-12-26(39-4)23(13-18)32-36-24-11-10-20(34)14-28(24)41-32/h5-16H,1-4H3,(H,35,38). The number of benzene rings is 4. The van der Waals surface area contributed by atoms with Gasteiger partial charge in [-0.2, -0.15) is 0 Å². The van der Waals surface area contributed by atoms with Crippen LogP contribution in [0.1, 0.15) is 10.4 Å². The number of amides is 1. The van der Waals surface area contributed by atoms with E-state index in [9.17, 15) is 13.6 Å². The number of hydrogen-bond acceptors (Lipinski definition) is 6. The molecule has 1 amide bonds. The zero-order valence-electron chi connectivity index (χ0n) is 22.7. The van der Waals surface area contributed by atoms with Crippen molar-refractivity contribution in [3.63, 3.8) is 0 Å². The second kappa shape index (κ2) is 10.1. The maximum absolute atomic E-state index is 13.8. The number of aromatic nitrogens is 1. The summed E-state index contributed by atoms with van der Waals surface area (Å²) in [7, 11) is 6.92. The van der Waals surface area contributed by atoms with Gasteiger partial charge in [0.2, 0.25) is 5.89 Å². The molecule has 9 heteroatoms. The number of anilines is 1. The molecule has 0 atom stereocenters. The lowest BCUT2D eigenvalue weighted by Gasteiger charge is -2.19. The largest absolute Gasteiger partial charge is 0.496 e. The number of halogens is 2. The minimum atomic E-state index is -0.420. The first kappa shape index (κ1) is 26.1. The van der Waals surface area contributed by atoms with Gasteiger partial charge >= 0.3 is 0 Å². The molecule has 4 aromatic carbocycles. The van der Waals surface area contributed by atoms with Crippen LogP contribution in [0.25, 0.3) is 56.0 Å². The Morgan fingerprint density at radius 2 is 1.59 bits per heavy atom. The van der Waals surface area contributed by atoms with Gasteiger partial charge in [-0.25, -0.2) is 13.8 Å². The highest BCUT2D eigenvalue weighted by Gasteiger charge is 2.24. The van der Waals surface area contributed by atoms with Crippen molar-refractivity contribution in [1.82, 2.24) is 10.3 Å². The Kier molecular flexibility index (Phi) is 6.42. The van der Waals surface area contributed by atoms with Crippen LogP contribution in [-0.4, -0.2) is 39.1 Å². The fourth-order valence-corrected chi connectivity index (χ4v) is 4.94. The van der Waals surface area contributed by atoms with E-state index in [0.717, 1.165) is 16.8 Å². The molecule has 0 aliphatic carbocycles. The molecule has 0 saturated carbocycles. The van der Waals surface area contributed by atoms with Crippen LogP contribution in [0.2, 0.25) is 0 Å². The van der Waals surface area contributed by atoms with Gasteiger partial charge in [0.05, 0.1) is 18.2 Å². The number of nitrogens with one attached hydrogen (secondary N) is 1. The number of carbonyl (C=O) groups excluding carboxylic acids is 1. The number of nitrogens with zero attached hydrogens (tertiary/aromatic N) is 2. The summed E-state index contributed by atoms with van der Waals surface area (Å²) in [4.78, 5) is 19.6. The van der Waals surface area contributed by atoms with Crippen LogP contribution in [0.4, 0.5) is 14.5 Å². The van der Waals surface area contributed by atoms with Crippen LogP contribution >= 0.6 is 0 Å². The highest BCUT2D eigenvalue weighted by Crippen LogP contribution is 2.43. The Bertz CT molecular complexity index is 1940. The van der Waals surface area contributed by atoms with Gasteiger partial charge < -0.3 is 23.8 Å². The second-order valence-electron chi connectivity index (χ2n) is 9.70. The van der Waals surface area contributed by atoms with E-state index in [2.05, 4.69) is 10.3 Å². The summed E-state index contributed by atoms with van der Waals surface area (Å²) >= 11 is 0. The molecule has 0 aliphatic rings. The molecule has 0 aliphatic heterocycles. The van der Waals surface area contributed by atoms with Gasteiger partial charge in [-0.05, 0) is 60.2 Å². The third kappa shape index (κ3) is 4.55. The monoisotopic (exact) mass is 553 g/mol. The van der Waals surface area contributed by atoms with Crippen molar-refractivity contribution in [2.75, 3.05) is 33.2 Å². The van der Waals surface area contributed by atoms with Gasteiger partial charge in [0.15, 0.2) is 5.58 Å². The van der Waals surface area contributed by atoms with E-state index in [1.807, 2.05) is 49.3 Å². The molecule has 0 bridgehead atoms. The number of fused-ring (bicyclic) bond motifs is 2. The number of carbonyl (C=O) groups is 1. The Labute approximate surface area is 234 Å². The van der Waals surface area contributed by atoms with Crippen LogP contribution in [0.15, 0.2) is 81.6 Å². The first-order chi connectivity index (χ1) is 19.8. The van der Waals surface area contributed by atoms with E-state index in [1.54, 1.807) is 32.4 Å². The first-order valence-corrected chi connectivity index (χ1v) is 12.8. The SMILES string of the molecule is CNC(=O)c1c(-c2ccc(F)cc2)oc2cc(N(C)C)c(-c3ccc(OC)c(-c4nc5ccc(F)cc5o4)c3)cc12. The normalized spacial score (nSPS) is 11.3. The van der Waals surface area contributed by atoms with Gasteiger partial charge in [-0.15, -0.1) is 0 Å². The lowest BCUT2D eigenvalue weighted by Crippen LogP contribution is -2.18. The molecule has 0 spiro atoms. The van der Waals surface area contributed by atoms with Gasteiger partial charge in [-0.1, -0.05) is 6.07 Å². The van der Waals surface area contributed by atoms with Crippen LogP contribution in [0.3, 0.4) is 0 Å². The molecule has 0 fully saturated rings. The first-order valence-electron chi connectivity index (χ1n) is 12.8. The predicted octanol–water partition coefficient (Wildman–Crippen LogP) is 7.29. The highest BCUT2D eigenvalue weighted by atomic mass is 19.1. The fraction of sp³-hybridized carbons (Fsp3) is 0.125. The zero-order valence-corrected chi connectivity index (χ0v) is 22.7. The summed E-state index contributed by atoms with van der Waals surface area (Å²) in [5, 5.41) is 3.29. The maximum Gasteiger partial charge on any atom is 0.255 e. The average molecular weight is 554 g/mol. The molecule has 0 unspecified atom stereocenters. The van der Waals surface area contributed by atoms with Gasteiger partial charge in [0.25, 0.3) is 5.91 Å². The molecule has 2 aromatic heterocycles. The van der Waals surface area contributed by atoms with Gasteiger partial charge in [0, 0.05) is 55.5 Å². The lowest BCUT2D eigenvalue weighted by atomic mass is 9.96. The second-order valence-corrected chi connectivity index (χ2v) is 9.70. The van der Waals surface area contributed by atoms with Gasteiger partial charge in [0.1, 0.15) is 34.2 Å². The van der Waals surface area contributed by atoms with Crippen LogP contribution in [-0.2, 0) is 0 Å². The molecule has 41 heavy (non-hydrogen) atoms. The average Bonchev–Trinajstić information content (AvgIpc) is 3.57. The number of furan rings is 1. The van der Waals surface area contributed by atoms with E-state index in [0.29, 0.717) is 50.3 Å². The van der Waals surface area contributed by atoms with Crippen molar-refractivity contribution in [3.05, 3.63) is 90.0 Å². The minimum Gasteiger partial charge on any atom is -0.496 e. The summed E-state index contributed by atoms with van der Waals surface area (Å²) < 4.78 is 45.2. The molecule has 0 saturated heterocycles. The number of rotatable bonds is 6. The van der Waals surface area contributed by atoms with Crippen LogP contribution in [0, 0.1) is 11.6 Å². The number of hydrogen-bond donors (Lipinski definition) is 1. The summed E-state index contributed by atoms with van der Waals surface area (Å²) in [6.07, 6.45) is 0. The Balaban J connectivity index is 1.58. The van der Waals surface area contributed by atoms with Crippen LogP contribution < -0.4 is 15.0 Å². The maximum atomic E-state index is 13.8. The van der Waals surface area contributed by atoms with Crippen LogP contribution in [0.5, 0.6) is 5.75 Å². The molecule has 6 aromatic rings. The Morgan fingerprint density at radius 3 is 2.29 bits per heavy atom. The lowest BCUT2D eigenvalue weighted by molar-refractivity contribution is 0.0964. The smallest absolute Gasteiger partial charge is 0.255 e. The van der Waals surface area contributed by atoms with Crippen molar-refractivity contribution in [3.8, 4) is 39.7 Å². The van der Waals surface area contributed by atoms with Crippen molar-refractivity contribution < 1.29 is 27.1 Å². The minimum absolute atomic E-state index is 0.282. The Hall–Kier alpha value is -5.18. The van der Waals surface area contributed by atoms with Crippen molar-refractivity contribution in [1.29, 1.82) is 0 Å². The third-order valence-corrected chi connectivity index (χ3v) is 6.94. The molecule has 2 heterocycles. The summed E-state index contributed by atoms with van der Waals surface area (Å²) in [6, 6.07) is 19.4. The van der Waals surface area contributed by atoms with E-state index >= 15 is 0 Å². The topological polar surface area (TPSA) is 80.7 Å². The fourth-order valence-electron chi connectivity index (χ4n) is 4.94. The predicted molar refractivity (Wildman–Crippen MR) is 154 cm³/mol. The number of ether oxygens (including phenoxy) is 1. The number of methoxy groups -OCH3 is 1. The van der Waals surface area contributed by atoms with Crippen molar-refractivity contribution in [2.24, 2.45) is 0 Å².